The number of carbonyl (C=O) groups excluding carboxylic acids is 1. The van der Waals surface area contributed by atoms with Gasteiger partial charge in [-0.2, -0.15) is 0 Å². The van der Waals surface area contributed by atoms with Crippen molar-refractivity contribution in [2.24, 2.45) is 0 Å². The molecule has 5 nitrogen and oxygen atoms in total. The number of hydrogen-bond acceptors (Lipinski definition) is 3. The number of aryl methyl sites for hydroxylation is 1. The zero-order valence-electron chi connectivity index (χ0n) is 10.2. The third-order valence-corrected chi connectivity index (χ3v) is 2.87. The lowest BCUT2D eigenvalue weighted by Crippen LogP contribution is -2.26. The fraction of sp³-hybridized carbons (Fsp3) is 0.231. The molecule has 0 unspecified atom stereocenters. The largest absolute Gasteiger partial charge is 0.419 e. The van der Waals surface area contributed by atoms with Crippen molar-refractivity contribution in [2.75, 3.05) is 6.54 Å². The molecule has 2 aromatic rings. The van der Waals surface area contributed by atoms with Crippen molar-refractivity contribution in [3.8, 4) is 0 Å². The zero-order chi connectivity index (χ0) is 13.8. The number of benzene rings is 1. The summed E-state index contributed by atoms with van der Waals surface area (Å²) in [4.78, 5) is 23.2. The molecule has 0 aliphatic rings. The van der Waals surface area contributed by atoms with E-state index in [1.54, 1.807) is 24.3 Å². The van der Waals surface area contributed by atoms with E-state index in [0.29, 0.717) is 22.7 Å². The minimum Gasteiger partial charge on any atom is -0.408 e. The number of nitrogens with one attached hydrogen (secondary N) is 1. The lowest BCUT2D eigenvalue weighted by Gasteiger charge is -2.03. The Bertz CT molecular complexity index is 672. The maximum atomic E-state index is 11.7. The number of halogens is 1. The van der Waals surface area contributed by atoms with E-state index in [2.05, 4.69) is 11.9 Å². The molecule has 0 atom stereocenters. The smallest absolute Gasteiger partial charge is 0.408 e. The van der Waals surface area contributed by atoms with Crippen molar-refractivity contribution in [1.82, 2.24) is 9.88 Å². The predicted octanol–water partition coefficient (Wildman–Crippen LogP) is 1.94. The molecule has 1 heterocycles. The first kappa shape index (κ1) is 13.4. The Kier molecular flexibility index (Phi) is 4.06. The third-order valence-electron chi connectivity index (χ3n) is 2.64. The van der Waals surface area contributed by atoms with E-state index in [1.165, 1.54) is 4.57 Å². The van der Waals surface area contributed by atoms with Crippen LogP contribution >= 0.6 is 11.6 Å². The average molecular weight is 281 g/mol. The number of oxazole rings is 1. The van der Waals surface area contributed by atoms with E-state index >= 15 is 0 Å². The fourth-order valence-electron chi connectivity index (χ4n) is 1.73. The van der Waals surface area contributed by atoms with Crippen LogP contribution in [0.3, 0.4) is 0 Å². The van der Waals surface area contributed by atoms with Gasteiger partial charge in [-0.1, -0.05) is 17.7 Å². The third kappa shape index (κ3) is 3.06. The molecule has 0 saturated heterocycles. The van der Waals surface area contributed by atoms with Crippen molar-refractivity contribution < 1.29 is 9.21 Å². The molecule has 6 heteroatoms. The second kappa shape index (κ2) is 5.75. The molecule has 0 fully saturated rings. The van der Waals surface area contributed by atoms with Gasteiger partial charge in [0.2, 0.25) is 5.91 Å². The second-order valence-corrected chi connectivity index (χ2v) is 4.41. The van der Waals surface area contributed by atoms with E-state index in [-0.39, 0.29) is 18.9 Å². The van der Waals surface area contributed by atoms with Crippen LogP contribution in [0, 0.1) is 0 Å². The molecule has 0 spiro atoms. The lowest BCUT2D eigenvalue weighted by molar-refractivity contribution is -0.121. The number of aromatic nitrogens is 1. The van der Waals surface area contributed by atoms with Gasteiger partial charge in [0.25, 0.3) is 0 Å². The number of nitrogens with zero attached hydrogens (tertiary/aromatic N) is 1. The normalized spacial score (nSPS) is 10.6. The van der Waals surface area contributed by atoms with E-state index in [9.17, 15) is 9.59 Å². The number of hydrogen-bond donors (Lipinski definition) is 1. The fourth-order valence-corrected chi connectivity index (χ4v) is 1.90. The molecule has 1 aromatic carbocycles. The van der Waals surface area contributed by atoms with Crippen molar-refractivity contribution in [3.05, 3.63) is 46.4 Å². The summed E-state index contributed by atoms with van der Waals surface area (Å²) in [6.07, 6.45) is 1.78. The van der Waals surface area contributed by atoms with Crippen LogP contribution in [0.2, 0.25) is 5.02 Å². The maximum absolute atomic E-state index is 11.7. The minimum atomic E-state index is -0.492. The molecule has 19 heavy (non-hydrogen) atoms. The average Bonchev–Trinajstić information content (AvgIpc) is 2.69. The lowest BCUT2D eigenvalue weighted by atomic mass is 10.3. The molecule has 0 saturated carbocycles. The van der Waals surface area contributed by atoms with E-state index in [4.69, 9.17) is 16.0 Å². The van der Waals surface area contributed by atoms with Gasteiger partial charge in [-0.25, -0.2) is 4.79 Å². The first-order valence-corrected chi connectivity index (χ1v) is 6.16. The monoisotopic (exact) mass is 280 g/mol. The molecule has 0 radical (unpaired) electrons. The Hall–Kier alpha value is -2.01. The Morgan fingerprint density at radius 3 is 3.05 bits per heavy atom. The van der Waals surface area contributed by atoms with Gasteiger partial charge in [0.1, 0.15) is 0 Å². The van der Waals surface area contributed by atoms with Gasteiger partial charge < -0.3 is 9.73 Å². The van der Waals surface area contributed by atoms with Crippen LogP contribution in [-0.2, 0) is 11.3 Å². The van der Waals surface area contributed by atoms with Gasteiger partial charge in [0.15, 0.2) is 5.58 Å². The maximum Gasteiger partial charge on any atom is 0.419 e. The van der Waals surface area contributed by atoms with E-state index < -0.39 is 5.76 Å². The molecule has 2 rings (SSSR count). The summed E-state index contributed by atoms with van der Waals surface area (Å²) in [6.45, 7) is 4.16. The van der Waals surface area contributed by atoms with Crippen LogP contribution in [0.25, 0.3) is 11.1 Å². The first-order valence-electron chi connectivity index (χ1n) is 5.78. The Labute approximate surface area is 114 Å². The second-order valence-electron chi connectivity index (χ2n) is 3.97. The topological polar surface area (TPSA) is 64.2 Å². The summed E-state index contributed by atoms with van der Waals surface area (Å²) >= 11 is 5.88. The Balaban J connectivity index is 2.18. The Morgan fingerprint density at radius 1 is 1.53 bits per heavy atom. The molecular weight excluding hydrogens is 268 g/mol. The SMILES string of the molecule is C=CCNC(=O)CCn1c(=O)oc2ccc(Cl)cc21. The van der Waals surface area contributed by atoms with Crippen LogP contribution in [0.5, 0.6) is 0 Å². The molecule has 1 amide bonds. The molecule has 0 aliphatic heterocycles. The van der Waals surface area contributed by atoms with Gasteiger partial charge in [-0.15, -0.1) is 6.58 Å². The van der Waals surface area contributed by atoms with Crippen LogP contribution in [0.15, 0.2) is 40.1 Å². The van der Waals surface area contributed by atoms with Crippen molar-refractivity contribution in [3.63, 3.8) is 0 Å². The summed E-state index contributed by atoms with van der Waals surface area (Å²) in [5.41, 5.74) is 1.05. The van der Waals surface area contributed by atoms with Crippen molar-refractivity contribution in [2.45, 2.75) is 13.0 Å². The number of carbonyl (C=O) groups is 1. The molecule has 100 valence electrons. The van der Waals surface area contributed by atoms with Gasteiger partial charge >= 0.3 is 5.76 Å². The molecular formula is C13H13ClN2O3. The highest BCUT2D eigenvalue weighted by Crippen LogP contribution is 2.18. The van der Waals surface area contributed by atoms with Crippen LogP contribution in [-0.4, -0.2) is 17.0 Å². The predicted molar refractivity (Wildman–Crippen MR) is 73.3 cm³/mol. The number of fused-ring (bicyclic) bond motifs is 1. The van der Waals surface area contributed by atoms with Gasteiger partial charge in [-0.05, 0) is 18.2 Å². The molecule has 1 aromatic heterocycles. The van der Waals surface area contributed by atoms with Crippen LogP contribution in [0.4, 0.5) is 0 Å². The van der Waals surface area contributed by atoms with Gasteiger partial charge in [0, 0.05) is 24.5 Å². The van der Waals surface area contributed by atoms with E-state index in [1.807, 2.05) is 0 Å². The molecule has 0 aliphatic carbocycles. The van der Waals surface area contributed by atoms with Crippen molar-refractivity contribution >= 4 is 28.6 Å². The number of rotatable bonds is 5. The summed E-state index contributed by atoms with van der Waals surface area (Å²) in [5.74, 6) is -0.642. The quantitative estimate of drug-likeness (QED) is 0.851. The van der Waals surface area contributed by atoms with Crippen LogP contribution in [0.1, 0.15) is 6.42 Å². The highest BCUT2D eigenvalue weighted by atomic mass is 35.5. The van der Waals surface area contributed by atoms with Gasteiger partial charge in [0.05, 0.1) is 5.52 Å². The summed E-state index contributed by atoms with van der Waals surface area (Å²) in [6, 6.07) is 4.92. The zero-order valence-corrected chi connectivity index (χ0v) is 10.9. The van der Waals surface area contributed by atoms with Crippen LogP contribution < -0.4 is 11.1 Å². The highest BCUT2D eigenvalue weighted by Gasteiger charge is 2.10. The standard InChI is InChI=1S/C13H13ClN2O3/c1-2-6-15-12(17)5-7-16-10-8-9(14)3-4-11(10)19-13(16)18/h2-4,8H,1,5-7H2,(H,15,17). The summed E-state index contributed by atoms with van der Waals surface area (Å²) in [7, 11) is 0. The van der Waals surface area contributed by atoms with E-state index in [0.717, 1.165) is 0 Å². The Morgan fingerprint density at radius 2 is 2.32 bits per heavy atom. The van der Waals surface area contributed by atoms with Crippen molar-refractivity contribution in [1.29, 1.82) is 0 Å². The van der Waals surface area contributed by atoms with Gasteiger partial charge in [-0.3, -0.25) is 9.36 Å². The molecule has 0 bridgehead atoms. The first-order chi connectivity index (χ1) is 9.11. The number of amides is 1. The minimum absolute atomic E-state index is 0.150. The summed E-state index contributed by atoms with van der Waals surface area (Å²) < 4.78 is 6.47. The highest BCUT2D eigenvalue weighted by molar-refractivity contribution is 6.31. The molecule has 1 N–H and O–H groups in total. The summed E-state index contributed by atoms with van der Waals surface area (Å²) in [5, 5.41) is 3.16.